The Morgan fingerprint density at radius 2 is 2.00 bits per heavy atom. The van der Waals surface area contributed by atoms with Crippen molar-refractivity contribution in [1.82, 2.24) is 0 Å². The second kappa shape index (κ2) is 3.77. The first kappa shape index (κ1) is 9.77. The van der Waals surface area contributed by atoms with Gasteiger partial charge in [0.25, 0.3) is 0 Å². The van der Waals surface area contributed by atoms with Crippen LogP contribution in [-0.2, 0) is 9.53 Å². The Labute approximate surface area is 88.0 Å². The van der Waals surface area contributed by atoms with E-state index in [1.807, 2.05) is 30.3 Å². The van der Waals surface area contributed by atoms with Crippen LogP contribution in [-0.4, -0.2) is 17.7 Å². The van der Waals surface area contributed by atoms with Gasteiger partial charge in [-0.25, -0.2) is 4.79 Å². The molecule has 1 aromatic rings. The zero-order chi connectivity index (χ0) is 10.8. The topological polar surface area (TPSA) is 46.5 Å². The van der Waals surface area contributed by atoms with Gasteiger partial charge in [0.2, 0.25) is 0 Å². The van der Waals surface area contributed by atoms with E-state index in [9.17, 15) is 9.90 Å². The summed E-state index contributed by atoms with van der Waals surface area (Å²) in [6, 6.07) is 9.52. The van der Waals surface area contributed by atoms with Gasteiger partial charge in [-0.1, -0.05) is 30.3 Å². The van der Waals surface area contributed by atoms with E-state index in [1.54, 1.807) is 6.92 Å². The Morgan fingerprint density at radius 3 is 2.67 bits per heavy atom. The Morgan fingerprint density at radius 1 is 1.33 bits per heavy atom. The van der Waals surface area contributed by atoms with E-state index in [2.05, 4.69) is 0 Å². The van der Waals surface area contributed by atoms with E-state index in [0.29, 0.717) is 5.57 Å². The Hall–Kier alpha value is -1.77. The molecule has 1 aliphatic heterocycles. The number of aliphatic hydroxyl groups is 1. The summed E-state index contributed by atoms with van der Waals surface area (Å²) in [6.07, 6.45) is 0. The molecule has 1 atom stereocenters. The van der Waals surface area contributed by atoms with Crippen molar-refractivity contribution >= 4 is 5.97 Å². The average molecular weight is 204 g/mol. The van der Waals surface area contributed by atoms with Crippen molar-refractivity contribution in [3.8, 4) is 0 Å². The summed E-state index contributed by atoms with van der Waals surface area (Å²) in [5.41, 5.74) is 1.26. The van der Waals surface area contributed by atoms with Gasteiger partial charge < -0.3 is 9.84 Å². The average Bonchev–Trinajstić information content (AvgIpc) is 2.27. The van der Waals surface area contributed by atoms with Crippen molar-refractivity contribution in [2.24, 2.45) is 0 Å². The fourth-order valence-electron chi connectivity index (χ4n) is 1.65. The monoisotopic (exact) mass is 204 g/mol. The summed E-state index contributed by atoms with van der Waals surface area (Å²) in [6.45, 7) is 1.79. The molecule has 0 spiro atoms. The van der Waals surface area contributed by atoms with Crippen LogP contribution in [0.2, 0.25) is 0 Å². The molecule has 0 radical (unpaired) electrons. The normalized spacial score (nSPS) is 21.4. The smallest absolute Gasteiger partial charge is 0.337 e. The van der Waals surface area contributed by atoms with Gasteiger partial charge in [0.15, 0.2) is 0 Å². The third kappa shape index (κ3) is 1.73. The minimum atomic E-state index is -0.431. The third-order valence-corrected chi connectivity index (χ3v) is 2.60. The second-order valence-corrected chi connectivity index (χ2v) is 3.57. The molecule has 2 rings (SSSR count). The molecule has 1 aromatic carbocycles. The number of carbonyl (C=O) groups excluding carboxylic acids is 1. The number of rotatable bonds is 1. The molecule has 3 heteroatoms. The van der Waals surface area contributed by atoms with Gasteiger partial charge in [-0.3, -0.25) is 0 Å². The van der Waals surface area contributed by atoms with Crippen LogP contribution in [0.15, 0.2) is 41.7 Å². The molecule has 1 unspecified atom stereocenters. The maximum absolute atomic E-state index is 11.1. The van der Waals surface area contributed by atoms with E-state index in [0.717, 1.165) is 5.56 Å². The van der Waals surface area contributed by atoms with Gasteiger partial charge in [-0.15, -0.1) is 0 Å². The lowest BCUT2D eigenvalue weighted by molar-refractivity contribution is -0.141. The molecule has 1 N–H and O–H groups in total. The van der Waals surface area contributed by atoms with Gasteiger partial charge >= 0.3 is 5.97 Å². The molecule has 0 aliphatic carbocycles. The molecule has 0 saturated heterocycles. The molecule has 0 aromatic heterocycles. The van der Waals surface area contributed by atoms with Crippen molar-refractivity contribution in [2.75, 3.05) is 6.61 Å². The molecule has 15 heavy (non-hydrogen) atoms. The van der Waals surface area contributed by atoms with Crippen LogP contribution >= 0.6 is 0 Å². The fraction of sp³-hybridized carbons (Fsp3) is 0.250. The van der Waals surface area contributed by atoms with Crippen LogP contribution in [0.4, 0.5) is 0 Å². The minimum Gasteiger partial charge on any atom is -0.511 e. The van der Waals surface area contributed by atoms with Gasteiger partial charge in [0.1, 0.15) is 12.4 Å². The fourth-order valence-corrected chi connectivity index (χ4v) is 1.65. The third-order valence-electron chi connectivity index (χ3n) is 2.60. The summed E-state index contributed by atoms with van der Waals surface area (Å²) in [5.74, 6) is -0.527. The number of hydrogen-bond donors (Lipinski definition) is 1. The van der Waals surface area contributed by atoms with Crippen molar-refractivity contribution in [2.45, 2.75) is 12.8 Å². The molecule has 0 fully saturated rings. The Bertz CT molecular complexity index is 406. The molecule has 1 aliphatic rings. The first-order valence-corrected chi connectivity index (χ1v) is 4.82. The number of benzene rings is 1. The molecule has 0 saturated carbocycles. The van der Waals surface area contributed by atoms with Crippen molar-refractivity contribution in [1.29, 1.82) is 0 Å². The highest BCUT2D eigenvalue weighted by Gasteiger charge is 2.28. The zero-order valence-electron chi connectivity index (χ0n) is 8.43. The predicted octanol–water partition coefficient (Wildman–Crippen LogP) is 2.16. The number of hydrogen-bond acceptors (Lipinski definition) is 3. The van der Waals surface area contributed by atoms with Crippen LogP contribution in [0.25, 0.3) is 0 Å². The van der Waals surface area contributed by atoms with E-state index in [4.69, 9.17) is 4.74 Å². The first-order valence-electron chi connectivity index (χ1n) is 4.82. The molecule has 0 bridgehead atoms. The van der Waals surface area contributed by atoms with Crippen LogP contribution in [0.5, 0.6) is 0 Å². The van der Waals surface area contributed by atoms with E-state index >= 15 is 0 Å². The lowest BCUT2D eigenvalue weighted by Gasteiger charge is -2.23. The van der Waals surface area contributed by atoms with E-state index < -0.39 is 5.97 Å². The molecule has 0 amide bonds. The quantitative estimate of drug-likeness (QED) is 0.713. The van der Waals surface area contributed by atoms with Crippen LogP contribution in [0.1, 0.15) is 18.4 Å². The maximum Gasteiger partial charge on any atom is 0.337 e. The largest absolute Gasteiger partial charge is 0.511 e. The molecule has 78 valence electrons. The zero-order valence-corrected chi connectivity index (χ0v) is 8.43. The lowest BCUT2D eigenvalue weighted by Crippen LogP contribution is -2.23. The Balaban J connectivity index is 2.37. The SMILES string of the molecule is CC1=C(O)C(c2ccccc2)COC1=O. The summed E-state index contributed by atoms with van der Waals surface area (Å²) in [5, 5.41) is 9.84. The van der Waals surface area contributed by atoms with E-state index in [-0.39, 0.29) is 18.3 Å². The summed E-state index contributed by atoms with van der Waals surface area (Å²) >= 11 is 0. The highest BCUT2D eigenvalue weighted by molar-refractivity contribution is 5.89. The predicted molar refractivity (Wildman–Crippen MR) is 55.5 cm³/mol. The van der Waals surface area contributed by atoms with Crippen molar-refractivity contribution < 1.29 is 14.6 Å². The number of esters is 1. The van der Waals surface area contributed by atoms with Gasteiger partial charge in [0.05, 0.1) is 11.5 Å². The maximum atomic E-state index is 11.1. The molecular weight excluding hydrogens is 192 g/mol. The van der Waals surface area contributed by atoms with Crippen LogP contribution < -0.4 is 0 Å². The number of cyclic esters (lactones) is 1. The molecular formula is C12H12O3. The van der Waals surface area contributed by atoms with Gasteiger partial charge in [-0.05, 0) is 12.5 Å². The van der Waals surface area contributed by atoms with Gasteiger partial charge in [-0.2, -0.15) is 0 Å². The highest BCUT2D eigenvalue weighted by atomic mass is 16.5. The minimum absolute atomic E-state index is 0.123. The first-order chi connectivity index (χ1) is 7.20. The summed E-state index contributed by atoms with van der Waals surface area (Å²) in [4.78, 5) is 11.1. The lowest BCUT2D eigenvalue weighted by atomic mass is 9.94. The highest BCUT2D eigenvalue weighted by Crippen LogP contribution is 2.29. The standard InChI is InChI=1S/C12H12O3/c1-8-11(13)10(7-15-12(8)14)9-5-3-2-4-6-9/h2-6,10,13H,7H2,1H3. The summed E-state index contributed by atoms with van der Waals surface area (Å²) in [7, 11) is 0. The van der Waals surface area contributed by atoms with Crippen LogP contribution in [0, 0.1) is 0 Å². The molecule has 3 nitrogen and oxygen atoms in total. The Kier molecular flexibility index (Phi) is 2.46. The van der Waals surface area contributed by atoms with Crippen molar-refractivity contribution in [3.05, 3.63) is 47.2 Å². The van der Waals surface area contributed by atoms with Gasteiger partial charge in [0, 0.05) is 0 Å². The summed E-state index contributed by atoms with van der Waals surface area (Å²) < 4.78 is 4.97. The second-order valence-electron chi connectivity index (χ2n) is 3.57. The van der Waals surface area contributed by atoms with Crippen LogP contribution in [0.3, 0.4) is 0 Å². The number of aliphatic hydroxyl groups excluding tert-OH is 1. The number of carbonyl (C=O) groups is 1. The van der Waals surface area contributed by atoms with E-state index in [1.165, 1.54) is 0 Å². The molecule has 1 heterocycles. The van der Waals surface area contributed by atoms with Crippen molar-refractivity contribution in [3.63, 3.8) is 0 Å². The number of ether oxygens (including phenoxy) is 1.